The van der Waals surface area contributed by atoms with E-state index in [1.807, 2.05) is 0 Å². The summed E-state index contributed by atoms with van der Waals surface area (Å²) in [7, 11) is 0. The standard InChI is InChI=1S/C31H37.C9H13.2C7H5Cl.2ClH.Zr/c1-28(2,3)26-16-30(7,8)24-12-18-11-19-13-25-23(15-21(19)20(18)14-22(24)26)27(29(4,5)6)17-31(25,9)10;1-9(2,3)8-6-4-5-7-8;2*1-6-2-4-7(8)5-3-6;;;/h12-16H,11H2,1-10H3;6-7H,4H2,1-3H3;2*1-5H;2*1H;. The van der Waals surface area contributed by atoms with E-state index in [0.717, 1.165) is 22.9 Å². The Morgan fingerprint density at radius 3 is 1.54 bits per heavy atom. The van der Waals surface area contributed by atoms with Gasteiger partial charge >= 0.3 is 360 Å². The van der Waals surface area contributed by atoms with E-state index in [-0.39, 0.29) is 51.9 Å². The van der Waals surface area contributed by atoms with Crippen molar-refractivity contribution in [2.75, 3.05) is 0 Å². The number of rotatable bonds is 4. The Morgan fingerprint density at radius 2 is 1.08 bits per heavy atom. The van der Waals surface area contributed by atoms with Crippen LogP contribution in [0.1, 0.15) is 141 Å². The van der Waals surface area contributed by atoms with E-state index < -0.39 is 19.3 Å². The average Bonchev–Trinajstić information content (AvgIpc) is 3.85. The normalized spacial score (nSPS) is 17.2. The zero-order valence-corrected chi connectivity index (χ0v) is 42.9. The molecule has 0 amide bonds. The molecule has 0 bridgehead atoms. The third-order valence-electron chi connectivity index (χ3n) is 13.2. The van der Waals surface area contributed by atoms with Crippen LogP contribution in [-0.2, 0) is 36.5 Å². The molecule has 0 fully saturated rings. The van der Waals surface area contributed by atoms with Gasteiger partial charge in [0.1, 0.15) is 0 Å². The molecule has 4 aliphatic rings. The molecule has 0 saturated carbocycles. The van der Waals surface area contributed by atoms with Gasteiger partial charge in [0.15, 0.2) is 0 Å². The largest absolute Gasteiger partial charge is 0.147 e. The van der Waals surface area contributed by atoms with E-state index in [0.29, 0.717) is 0 Å². The van der Waals surface area contributed by atoms with Crippen molar-refractivity contribution in [1.29, 1.82) is 0 Å². The van der Waals surface area contributed by atoms with Gasteiger partial charge in [-0.1, -0.05) is 0 Å². The van der Waals surface area contributed by atoms with Gasteiger partial charge in [-0.25, -0.2) is 0 Å². The van der Waals surface area contributed by atoms with Crippen LogP contribution in [0, 0.1) is 16.2 Å². The van der Waals surface area contributed by atoms with Crippen molar-refractivity contribution in [2.24, 2.45) is 16.2 Å². The second-order valence-electron chi connectivity index (χ2n) is 21.5. The molecule has 0 nitrogen and oxygen atoms in total. The third kappa shape index (κ3) is 7.97. The molecule has 0 aromatic heterocycles. The van der Waals surface area contributed by atoms with Gasteiger partial charge in [-0.15, -0.1) is 24.8 Å². The number of hydrogen-bond donors (Lipinski definition) is 0. The molecule has 4 aromatic rings. The maximum atomic E-state index is 6.55. The van der Waals surface area contributed by atoms with Crippen LogP contribution in [0.3, 0.4) is 0 Å². The summed E-state index contributed by atoms with van der Waals surface area (Å²) in [5.41, 5.74) is 18.4. The molecule has 0 unspecified atom stereocenters. The van der Waals surface area contributed by atoms with Crippen molar-refractivity contribution >= 4 is 66.6 Å². The second kappa shape index (κ2) is 15.5. The average molecular weight is 944 g/mol. The van der Waals surface area contributed by atoms with Crippen LogP contribution >= 0.6 is 48.0 Å². The van der Waals surface area contributed by atoms with Gasteiger partial charge < -0.3 is 0 Å². The smallest absolute Gasteiger partial charge is 0.147 e. The Balaban J connectivity index is 0.00000293. The Bertz CT molecular complexity index is 2570. The first-order valence-electron chi connectivity index (χ1n) is 20.9. The molecule has 5 heteroatoms. The van der Waals surface area contributed by atoms with Crippen LogP contribution in [0.15, 0.2) is 103 Å². The monoisotopic (exact) mass is 940 g/mol. The summed E-state index contributed by atoms with van der Waals surface area (Å²) in [6.07, 6.45) is 9.61. The van der Waals surface area contributed by atoms with Crippen LogP contribution in [0.4, 0.5) is 0 Å². The van der Waals surface area contributed by atoms with Crippen LogP contribution in [0.5, 0.6) is 0 Å². The van der Waals surface area contributed by atoms with E-state index in [1.54, 1.807) is 6.56 Å². The van der Waals surface area contributed by atoms with Crippen LogP contribution in [0.2, 0.25) is 10.0 Å². The summed E-state index contributed by atoms with van der Waals surface area (Å²) in [5.74, 6) is 0. The second-order valence-corrected chi connectivity index (χ2v) is 30.9. The molecule has 0 heterocycles. The number of fused-ring (bicyclic) bond motifs is 5. The van der Waals surface area contributed by atoms with E-state index in [9.17, 15) is 0 Å². The van der Waals surface area contributed by atoms with Crippen molar-refractivity contribution in [3.63, 3.8) is 0 Å². The maximum Gasteiger partial charge on any atom is -0.147 e. The van der Waals surface area contributed by atoms with Crippen molar-refractivity contribution in [3.05, 3.63) is 158 Å². The van der Waals surface area contributed by atoms with Crippen LogP contribution in [-0.4, -0.2) is 7.42 Å². The fraction of sp³-hybridized carbons (Fsp3) is 0.370. The van der Waals surface area contributed by atoms with E-state index in [1.165, 1.54) is 72.4 Å². The first-order chi connectivity index (χ1) is 26.4. The minimum Gasteiger partial charge on any atom is -0.147 e. The molecule has 0 saturated heterocycles. The Labute approximate surface area is 381 Å². The summed E-state index contributed by atoms with van der Waals surface area (Å²) >= 11 is 9.03. The molecule has 8 rings (SSSR count). The first kappa shape index (κ1) is 46.1. The van der Waals surface area contributed by atoms with E-state index in [4.69, 9.17) is 23.2 Å². The Morgan fingerprint density at radius 1 is 0.593 bits per heavy atom. The molecule has 0 atom stereocenters. The Kier molecular flexibility index (Phi) is 12.1. The van der Waals surface area contributed by atoms with Gasteiger partial charge in [-0.3, -0.25) is 0 Å². The number of hydrogen-bond acceptors (Lipinski definition) is 0. The minimum absolute atomic E-state index is 0. The summed E-state index contributed by atoms with van der Waals surface area (Å²) in [6.45, 7) is 31.4. The summed E-state index contributed by atoms with van der Waals surface area (Å²) in [5, 5.41) is 1.53. The molecule has 0 spiro atoms. The van der Waals surface area contributed by atoms with Gasteiger partial charge in [0.2, 0.25) is 0 Å². The quantitative estimate of drug-likeness (QED) is 0.168. The van der Waals surface area contributed by atoms with Crippen LogP contribution in [0.25, 0.3) is 22.3 Å². The zero-order valence-electron chi connectivity index (χ0n) is 37.3. The van der Waals surface area contributed by atoms with E-state index in [2.05, 4.69) is 188 Å². The minimum atomic E-state index is -4.07. The predicted octanol–water partition coefficient (Wildman–Crippen LogP) is 16.3. The van der Waals surface area contributed by atoms with Gasteiger partial charge in [-0.05, 0) is 0 Å². The molecule has 4 aromatic carbocycles. The summed E-state index contributed by atoms with van der Waals surface area (Å²) < 4.78 is 8.76. The van der Waals surface area contributed by atoms with Crippen molar-refractivity contribution in [2.45, 2.75) is 114 Å². The molecule has 0 N–H and O–H groups in total. The number of allylic oxidation sites excluding steroid dienone is 8. The molecule has 4 aliphatic carbocycles. The van der Waals surface area contributed by atoms with Crippen LogP contribution < -0.4 is 0 Å². The predicted molar refractivity (Wildman–Crippen MR) is 263 cm³/mol. The van der Waals surface area contributed by atoms with Crippen molar-refractivity contribution < 1.29 is 19.3 Å². The first-order valence-corrected chi connectivity index (χ1v) is 26.9. The molecule has 0 aliphatic heterocycles. The third-order valence-corrected chi connectivity index (χ3v) is 25.3. The fourth-order valence-corrected chi connectivity index (χ4v) is 24.1. The maximum absolute atomic E-state index is 6.55. The SMILES string of the molecule is CC(C)(C)C1=CC[C]([Zr](=[CH]c2ccc(Cl)cc2)(=[CH]c2ccc(Cl)cc2)[C]2=C(C(C)(C)C)c3cc4c(cc3C2(C)C)Cc2cc3c(cc2-4)C(C(C)(C)C)=CC3(C)C)=C1.Cl.Cl. The number of benzene rings is 4. The number of halogens is 4. The fourth-order valence-electron chi connectivity index (χ4n) is 10.5. The topological polar surface area (TPSA) is 0 Å². The molecule has 59 heavy (non-hydrogen) atoms. The zero-order chi connectivity index (χ0) is 41.2. The van der Waals surface area contributed by atoms with Gasteiger partial charge in [0, 0.05) is 0 Å². The van der Waals surface area contributed by atoms with Gasteiger partial charge in [-0.2, -0.15) is 0 Å². The molecular weight excluding hydrogens is 882 g/mol. The van der Waals surface area contributed by atoms with Crippen molar-refractivity contribution in [3.8, 4) is 11.1 Å². The summed E-state index contributed by atoms with van der Waals surface area (Å²) in [6, 6.07) is 27.5. The summed E-state index contributed by atoms with van der Waals surface area (Å²) in [4.78, 5) is 0. The van der Waals surface area contributed by atoms with Gasteiger partial charge in [0.25, 0.3) is 0 Å². The van der Waals surface area contributed by atoms with Gasteiger partial charge in [0.05, 0.1) is 0 Å². The van der Waals surface area contributed by atoms with Crippen molar-refractivity contribution in [1.82, 2.24) is 0 Å². The van der Waals surface area contributed by atoms with E-state index >= 15 is 0 Å². The Hall–Kier alpha value is -2.38. The molecule has 0 radical (unpaired) electrons. The molecule has 310 valence electrons. The molecular formula is C54H62Cl4Zr.